The second-order valence-corrected chi connectivity index (χ2v) is 9.73. The van der Waals surface area contributed by atoms with Crippen molar-refractivity contribution in [3.8, 4) is 17.2 Å². The van der Waals surface area contributed by atoms with Gasteiger partial charge in [0.2, 0.25) is 5.89 Å². The lowest BCUT2D eigenvalue weighted by Crippen LogP contribution is -2.20. The Kier molecular flexibility index (Phi) is 8.79. The molecule has 6 heteroatoms. The van der Waals surface area contributed by atoms with Gasteiger partial charge in [-0.1, -0.05) is 54.6 Å². The third kappa shape index (κ3) is 6.67. The Labute approximate surface area is 241 Å². The van der Waals surface area contributed by atoms with Crippen LogP contribution in [0.2, 0.25) is 0 Å². The number of oxazole rings is 1. The van der Waals surface area contributed by atoms with Crippen molar-refractivity contribution in [3.05, 3.63) is 131 Å². The van der Waals surface area contributed by atoms with Crippen molar-refractivity contribution in [2.24, 2.45) is 0 Å². The molecular weight excluding hydrogens is 512 g/mol. The first-order chi connectivity index (χ1) is 20.0. The maximum Gasteiger partial charge on any atom is 0.338 e. The van der Waals surface area contributed by atoms with Gasteiger partial charge in [0.1, 0.15) is 11.5 Å². The number of anilines is 2. The molecule has 0 aliphatic heterocycles. The second-order valence-electron chi connectivity index (χ2n) is 9.73. The summed E-state index contributed by atoms with van der Waals surface area (Å²) >= 11 is 0. The molecule has 0 atom stereocenters. The van der Waals surface area contributed by atoms with E-state index in [1.54, 1.807) is 0 Å². The van der Waals surface area contributed by atoms with Crippen molar-refractivity contribution in [1.29, 1.82) is 0 Å². The predicted molar refractivity (Wildman–Crippen MR) is 162 cm³/mol. The molecule has 0 fully saturated rings. The highest BCUT2D eigenvalue weighted by Gasteiger charge is 2.18. The van der Waals surface area contributed by atoms with Crippen LogP contribution < -0.4 is 9.64 Å². The number of hydrogen-bond donors (Lipinski definition) is 0. The van der Waals surface area contributed by atoms with E-state index >= 15 is 0 Å². The van der Waals surface area contributed by atoms with E-state index in [9.17, 15) is 4.79 Å². The number of ether oxygens (including phenoxy) is 2. The molecule has 0 unspecified atom stereocenters. The fourth-order valence-electron chi connectivity index (χ4n) is 4.77. The highest BCUT2D eigenvalue weighted by Crippen LogP contribution is 2.32. The van der Waals surface area contributed by atoms with Gasteiger partial charge in [-0.25, -0.2) is 9.78 Å². The SMILES string of the molecule is CCOC(=O)c1ccccc1CN(c1ccc(OCCc2nc(-c3ccccc3)oc2C)cc1)c1ccccc1C. The molecule has 0 aliphatic rings. The van der Waals surface area contributed by atoms with Crippen LogP contribution >= 0.6 is 0 Å². The minimum atomic E-state index is -0.310. The summed E-state index contributed by atoms with van der Waals surface area (Å²) < 4.78 is 17.3. The van der Waals surface area contributed by atoms with Crippen LogP contribution in [0.3, 0.4) is 0 Å². The number of rotatable bonds is 11. The monoisotopic (exact) mass is 546 g/mol. The van der Waals surface area contributed by atoms with Crippen LogP contribution in [0.15, 0.2) is 108 Å². The van der Waals surface area contributed by atoms with Gasteiger partial charge < -0.3 is 18.8 Å². The summed E-state index contributed by atoms with van der Waals surface area (Å²) in [6.45, 7) is 7.17. The van der Waals surface area contributed by atoms with Crippen LogP contribution in [-0.2, 0) is 17.7 Å². The Balaban J connectivity index is 1.31. The number of aromatic nitrogens is 1. The van der Waals surface area contributed by atoms with E-state index in [2.05, 4.69) is 28.9 Å². The minimum absolute atomic E-state index is 0.310. The number of esters is 1. The molecule has 0 amide bonds. The van der Waals surface area contributed by atoms with Crippen molar-refractivity contribution in [2.75, 3.05) is 18.1 Å². The van der Waals surface area contributed by atoms with E-state index in [-0.39, 0.29) is 5.97 Å². The zero-order valence-electron chi connectivity index (χ0n) is 23.7. The molecule has 5 aromatic rings. The fraction of sp³-hybridized carbons (Fsp3) is 0.200. The quantitative estimate of drug-likeness (QED) is 0.156. The van der Waals surface area contributed by atoms with Gasteiger partial charge in [0.15, 0.2) is 0 Å². The molecule has 1 aromatic heterocycles. The molecule has 0 bridgehead atoms. The van der Waals surface area contributed by atoms with Gasteiger partial charge >= 0.3 is 5.97 Å². The maximum atomic E-state index is 12.7. The number of benzene rings is 4. The van der Waals surface area contributed by atoms with Gasteiger partial charge in [-0.05, 0) is 80.4 Å². The number of carbonyl (C=O) groups is 1. The van der Waals surface area contributed by atoms with E-state index < -0.39 is 0 Å². The molecule has 0 saturated heterocycles. The normalized spacial score (nSPS) is 10.8. The van der Waals surface area contributed by atoms with Crippen LogP contribution in [0.25, 0.3) is 11.5 Å². The lowest BCUT2D eigenvalue weighted by atomic mass is 10.1. The van der Waals surface area contributed by atoms with Crippen molar-refractivity contribution < 1.29 is 18.7 Å². The van der Waals surface area contributed by atoms with Crippen LogP contribution in [0.5, 0.6) is 5.75 Å². The van der Waals surface area contributed by atoms with Gasteiger partial charge in [-0.2, -0.15) is 0 Å². The van der Waals surface area contributed by atoms with Crippen molar-refractivity contribution >= 4 is 17.3 Å². The molecule has 0 saturated carbocycles. The molecule has 208 valence electrons. The van der Waals surface area contributed by atoms with Gasteiger partial charge in [0, 0.05) is 29.9 Å². The molecule has 41 heavy (non-hydrogen) atoms. The van der Waals surface area contributed by atoms with E-state index in [0.717, 1.165) is 45.3 Å². The van der Waals surface area contributed by atoms with E-state index in [1.807, 2.05) is 105 Å². The second kappa shape index (κ2) is 13.0. The molecule has 0 spiro atoms. The molecular formula is C35H34N2O4. The lowest BCUT2D eigenvalue weighted by molar-refractivity contribution is 0.0525. The summed E-state index contributed by atoms with van der Waals surface area (Å²) in [7, 11) is 0. The Morgan fingerprint density at radius 1 is 0.854 bits per heavy atom. The summed E-state index contributed by atoms with van der Waals surface area (Å²) in [4.78, 5) is 19.5. The fourth-order valence-corrected chi connectivity index (χ4v) is 4.77. The van der Waals surface area contributed by atoms with E-state index in [0.29, 0.717) is 37.6 Å². The summed E-state index contributed by atoms with van der Waals surface area (Å²) in [5.41, 5.74) is 6.52. The molecule has 6 nitrogen and oxygen atoms in total. The number of aryl methyl sites for hydroxylation is 2. The smallest absolute Gasteiger partial charge is 0.338 e. The summed E-state index contributed by atoms with van der Waals surface area (Å²) in [6, 6.07) is 33.8. The third-order valence-electron chi connectivity index (χ3n) is 6.92. The van der Waals surface area contributed by atoms with Crippen LogP contribution in [0.1, 0.15) is 39.9 Å². The molecule has 4 aromatic carbocycles. The van der Waals surface area contributed by atoms with E-state index in [1.165, 1.54) is 0 Å². The Morgan fingerprint density at radius 3 is 2.32 bits per heavy atom. The van der Waals surface area contributed by atoms with Crippen molar-refractivity contribution in [2.45, 2.75) is 33.7 Å². The predicted octanol–water partition coefficient (Wildman–Crippen LogP) is 8.09. The summed E-state index contributed by atoms with van der Waals surface area (Å²) in [6.07, 6.45) is 0.643. The van der Waals surface area contributed by atoms with Crippen LogP contribution in [0, 0.1) is 13.8 Å². The highest BCUT2D eigenvalue weighted by molar-refractivity contribution is 5.91. The molecule has 1 heterocycles. The first-order valence-electron chi connectivity index (χ1n) is 13.9. The Bertz CT molecular complexity index is 1590. The van der Waals surface area contributed by atoms with Gasteiger partial charge in [-0.3, -0.25) is 0 Å². The zero-order valence-corrected chi connectivity index (χ0v) is 23.7. The zero-order chi connectivity index (χ0) is 28.6. The average molecular weight is 547 g/mol. The Morgan fingerprint density at radius 2 is 1.56 bits per heavy atom. The number of para-hydroxylation sites is 1. The molecule has 0 aliphatic carbocycles. The van der Waals surface area contributed by atoms with Gasteiger partial charge in [-0.15, -0.1) is 0 Å². The first-order valence-corrected chi connectivity index (χ1v) is 13.9. The van der Waals surface area contributed by atoms with E-state index in [4.69, 9.17) is 13.9 Å². The third-order valence-corrected chi connectivity index (χ3v) is 6.92. The lowest BCUT2D eigenvalue weighted by Gasteiger charge is -2.28. The maximum absolute atomic E-state index is 12.7. The van der Waals surface area contributed by atoms with Crippen molar-refractivity contribution in [1.82, 2.24) is 4.98 Å². The summed E-state index contributed by atoms with van der Waals surface area (Å²) in [5, 5.41) is 0. The topological polar surface area (TPSA) is 64.8 Å². The highest BCUT2D eigenvalue weighted by atomic mass is 16.5. The number of hydrogen-bond acceptors (Lipinski definition) is 6. The first kappa shape index (κ1) is 27.7. The van der Waals surface area contributed by atoms with Gasteiger partial charge in [0.05, 0.1) is 24.5 Å². The number of nitrogens with zero attached hydrogens (tertiary/aromatic N) is 2. The Hall–Kier alpha value is -4.84. The number of carbonyl (C=O) groups excluding carboxylic acids is 1. The molecule has 5 rings (SSSR count). The van der Waals surface area contributed by atoms with Crippen LogP contribution in [-0.4, -0.2) is 24.2 Å². The minimum Gasteiger partial charge on any atom is -0.493 e. The average Bonchev–Trinajstić information content (AvgIpc) is 3.38. The van der Waals surface area contributed by atoms with Crippen molar-refractivity contribution in [3.63, 3.8) is 0 Å². The standard InChI is InChI=1S/C35H34N2O4/c1-4-39-35(38)31-16-10-9-15-28(31)24-37(33-17-11-8-12-25(33)2)29-18-20-30(21-19-29)40-23-22-32-26(3)41-34(36-32)27-13-6-5-7-14-27/h5-21H,4,22-24H2,1-3H3. The largest absolute Gasteiger partial charge is 0.493 e. The molecule has 0 radical (unpaired) electrons. The molecule has 0 N–H and O–H groups in total. The van der Waals surface area contributed by atoms with Crippen LogP contribution in [0.4, 0.5) is 11.4 Å². The van der Waals surface area contributed by atoms with Gasteiger partial charge in [0.25, 0.3) is 0 Å². The summed E-state index contributed by atoms with van der Waals surface area (Å²) in [5.74, 6) is 1.90.